The summed E-state index contributed by atoms with van der Waals surface area (Å²) in [6.45, 7) is 0.297. The summed E-state index contributed by atoms with van der Waals surface area (Å²) in [5, 5.41) is 0.981. The number of rotatable bonds is 5. The zero-order valence-corrected chi connectivity index (χ0v) is 11.9. The largest absolute Gasteiger partial charge is 0.370 e. The van der Waals surface area contributed by atoms with Crippen molar-refractivity contribution >= 4 is 35.0 Å². The fourth-order valence-electron chi connectivity index (χ4n) is 1.64. The van der Waals surface area contributed by atoms with E-state index in [1.54, 1.807) is 25.2 Å². The van der Waals surface area contributed by atoms with E-state index >= 15 is 0 Å². The van der Waals surface area contributed by atoms with Gasteiger partial charge in [0.2, 0.25) is 11.8 Å². The van der Waals surface area contributed by atoms with E-state index < -0.39 is 11.9 Å². The lowest BCUT2D eigenvalue weighted by atomic mass is 10.1. The second-order valence-electron chi connectivity index (χ2n) is 4.25. The molecule has 0 bridgehead atoms. The molecule has 0 radical (unpaired) electrons. The van der Waals surface area contributed by atoms with Gasteiger partial charge in [0.05, 0.1) is 12.5 Å². The highest BCUT2D eigenvalue weighted by Crippen LogP contribution is 2.20. The summed E-state index contributed by atoms with van der Waals surface area (Å²) in [7, 11) is 1.58. The number of carbonyl (C=O) groups is 2. The quantitative estimate of drug-likeness (QED) is 0.855. The predicted molar refractivity (Wildman–Crippen MR) is 74.7 cm³/mol. The molecule has 0 fully saturated rings. The van der Waals surface area contributed by atoms with Crippen molar-refractivity contribution < 1.29 is 9.59 Å². The third kappa shape index (κ3) is 5.06. The Balaban J connectivity index is 2.70. The highest BCUT2D eigenvalue weighted by Gasteiger charge is 2.20. The van der Waals surface area contributed by atoms with Crippen molar-refractivity contribution in [2.75, 3.05) is 7.05 Å². The number of benzene rings is 1. The van der Waals surface area contributed by atoms with Gasteiger partial charge in [0, 0.05) is 23.6 Å². The van der Waals surface area contributed by atoms with E-state index in [0.717, 1.165) is 5.56 Å². The number of hydrogen-bond acceptors (Lipinski definition) is 3. The van der Waals surface area contributed by atoms with Gasteiger partial charge in [-0.2, -0.15) is 0 Å². The van der Waals surface area contributed by atoms with Crippen LogP contribution < -0.4 is 11.5 Å². The SMILES string of the molecule is CN(Cc1cc(Cl)cc(Cl)c1)C(=O)C(N)CC(N)=O. The number of amides is 2. The van der Waals surface area contributed by atoms with Gasteiger partial charge in [0.15, 0.2) is 0 Å². The van der Waals surface area contributed by atoms with Gasteiger partial charge in [0.25, 0.3) is 0 Å². The van der Waals surface area contributed by atoms with Crippen molar-refractivity contribution in [2.24, 2.45) is 11.5 Å². The molecule has 1 aromatic carbocycles. The lowest BCUT2D eigenvalue weighted by molar-refractivity contribution is -0.133. The van der Waals surface area contributed by atoms with Gasteiger partial charge in [-0.1, -0.05) is 23.2 Å². The third-order valence-corrected chi connectivity index (χ3v) is 2.89. The molecule has 0 aromatic heterocycles. The van der Waals surface area contributed by atoms with Gasteiger partial charge < -0.3 is 16.4 Å². The third-order valence-electron chi connectivity index (χ3n) is 2.46. The Hall–Kier alpha value is -1.30. The summed E-state index contributed by atoms with van der Waals surface area (Å²) in [4.78, 5) is 24.0. The molecule has 1 unspecified atom stereocenters. The monoisotopic (exact) mass is 303 g/mol. The minimum absolute atomic E-state index is 0.181. The van der Waals surface area contributed by atoms with E-state index in [9.17, 15) is 9.59 Å². The molecule has 2 amide bonds. The van der Waals surface area contributed by atoms with E-state index in [2.05, 4.69) is 0 Å². The zero-order chi connectivity index (χ0) is 14.6. The first kappa shape index (κ1) is 15.8. The molecule has 1 rings (SSSR count). The average Bonchev–Trinajstić information content (AvgIpc) is 2.25. The molecule has 104 valence electrons. The standard InChI is InChI=1S/C12H15Cl2N3O2/c1-17(12(19)10(15)5-11(16)18)6-7-2-8(13)4-9(14)3-7/h2-4,10H,5-6,15H2,1H3,(H2,16,18). The van der Waals surface area contributed by atoms with Gasteiger partial charge in [-0.25, -0.2) is 0 Å². The van der Waals surface area contributed by atoms with Crippen LogP contribution in [0, 0.1) is 0 Å². The maximum atomic E-state index is 11.9. The zero-order valence-electron chi connectivity index (χ0n) is 10.4. The van der Waals surface area contributed by atoms with Crippen LogP contribution >= 0.6 is 23.2 Å². The van der Waals surface area contributed by atoms with Crippen molar-refractivity contribution in [3.05, 3.63) is 33.8 Å². The smallest absolute Gasteiger partial charge is 0.240 e. The van der Waals surface area contributed by atoms with Crippen LogP contribution in [-0.4, -0.2) is 29.8 Å². The Morgan fingerprint density at radius 1 is 1.26 bits per heavy atom. The molecule has 0 aliphatic carbocycles. The summed E-state index contributed by atoms with van der Waals surface area (Å²) in [6, 6.07) is 4.08. The summed E-state index contributed by atoms with van der Waals surface area (Å²) >= 11 is 11.7. The molecular weight excluding hydrogens is 289 g/mol. The number of halogens is 2. The first-order valence-corrected chi connectivity index (χ1v) is 6.29. The van der Waals surface area contributed by atoms with Crippen LogP contribution in [0.1, 0.15) is 12.0 Å². The number of hydrogen-bond donors (Lipinski definition) is 2. The Labute approximate surface area is 121 Å². The van der Waals surface area contributed by atoms with Gasteiger partial charge in [-0.3, -0.25) is 9.59 Å². The van der Waals surface area contributed by atoms with Crippen LogP contribution in [0.15, 0.2) is 18.2 Å². The Kier molecular flexibility index (Phi) is 5.60. The van der Waals surface area contributed by atoms with Gasteiger partial charge in [0.1, 0.15) is 0 Å². The summed E-state index contributed by atoms with van der Waals surface area (Å²) < 4.78 is 0. The van der Waals surface area contributed by atoms with E-state index in [0.29, 0.717) is 16.6 Å². The molecule has 4 N–H and O–H groups in total. The highest BCUT2D eigenvalue weighted by atomic mass is 35.5. The number of likely N-dealkylation sites (N-methyl/N-ethyl adjacent to an activating group) is 1. The van der Waals surface area contributed by atoms with Crippen LogP contribution in [0.25, 0.3) is 0 Å². The van der Waals surface area contributed by atoms with Crippen LogP contribution in [0.4, 0.5) is 0 Å². The van der Waals surface area contributed by atoms with E-state index in [1.165, 1.54) is 4.90 Å². The first-order valence-electron chi connectivity index (χ1n) is 5.53. The summed E-state index contributed by atoms with van der Waals surface area (Å²) in [5.41, 5.74) is 11.4. The van der Waals surface area contributed by atoms with Crippen molar-refractivity contribution in [1.82, 2.24) is 4.90 Å². The Morgan fingerprint density at radius 2 is 1.79 bits per heavy atom. The average molecular weight is 304 g/mol. The molecular formula is C12H15Cl2N3O2. The van der Waals surface area contributed by atoms with Gasteiger partial charge in [-0.05, 0) is 23.8 Å². The second-order valence-corrected chi connectivity index (χ2v) is 5.12. The van der Waals surface area contributed by atoms with Crippen molar-refractivity contribution in [2.45, 2.75) is 19.0 Å². The minimum Gasteiger partial charge on any atom is -0.370 e. The maximum Gasteiger partial charge on any atom is 0.240 e. The van der Waals surface area contributed by atoms with Crippen molar-refractivity contribution in [3.63, 3.8) is 0 Å². The second kappa shape index (κ2) is 6.75. The Morgan fingerprint density at radius 3 is 2.26 bits per heavy atom. The highest BCUT2D eigenvalue weighted by molar-refractivity contribution is 6.34. The molecule has 0 saturated carbocycles. The fourth-order valence-corrected chi connectivity index (χ4v) is 2.21. The normalized spacial score (nSPS) is 12.0. The van der Waals surface area contributed by atoms with Crippen molar-refractivity contribution in [1.29, 1.82) is 0 Å². The number of primary amides is 1. The molecule has 0 spiro atoms. The molecule has 0 aliphatic heterocycles. The molecule has 1 aromatic rings. The van der Waals surface area contributed by atoms with E-state index in [-0.39, 0.29) is 12.3 Å². The molecule has 0 saturated heterocycles. The minimum atomic E-state index is -0.933. The van der Waals surface area contributed by atoms with Crippen LogP contribution in [0.3, 0.4) is 0 Å². The predicted octanol–water partition coefficient (Wildman–Crippen LogP) is 1.15. The van der Waals surface area contributed by atoms with Crippen LogP contribution in [0.5, 0.6) is 0 Å². The van der Waals surface area contributed by atoms with E-state index in [1.807, 2.05) is 0 Å². The first-order chi connectivity index (χ1) is 8.79. The molecule has 19 heavy (non-hydrogen) atoms. The number of carbonyl (C=O) groups excluding carboxylic acids is 2. The molecule has 7 heteroatoms. The van der Waals surface area contributed by atoms with Crippen molar-refractivity contribution in [3.8, 4) is 0 Å². The summed E-state index contributed by atoms with van der Waals surface area (Å²) in [5.74, 6) is -0.977. The topological polar surface area (TPSA) is 89.4 Å². The van der Waals surface area contributed by atoms with Gasteiger partial charge in [-0.15, -0.1) is 0 Å². The van der Waals surface area contributed by atoms with Crippen LogP contribution in [0.2, 0.25) is 10.0 Å². The van der Waals surface area contributed by atoms with E-state index in [4.69, 9.17) is 34.7 Å². The fraction of sp³-hybridized carbons (Fsp3) is 0.333. The molecule has 0 heterocycles. The number of nitrogens with two attached hydrogens (primary N) is 2. The lowest BCUT2D eigenvalue weighted by Gasteiger charge is -2.21. The summed E-state index contributed by atoms with van der Waals surface area (Å²) in [6.07, 6.45) is -0.181. The van der Waals surface area contributed by atoms with Crippen LogP contribution in [-0.2, 0) is 16.1 Å². The molecule has 0 aliphatic rings. The Bertz CT molecular complexity index is 474. The molecule has 1 atom stereocenters. The maximum absolute atomic E-state index is 11.9. The lowest BCUT2D eigenvalue weighted by Crippen LogP contribution is -2.43. The molecule has 5 nitrogen and oxygen atoms in total. The number of nitrogens with zero attached hydrogens (tertiary/aromatic N) is 1. The van der Waals surface area contributed by atoms with Gasteiger partial charge >= 0.3 is 0 Å².